The number of hydrogen-bond donors (Lipinski definition) is 2. The molecule has 2 saturated heterocycles. The molecule has 3 atom stereocenters. The minimum absolute atomic E-state index is 0.0374. The van der Waals surface area contributed by atoms with Crippen molar-refractivity contribution >= 4 is 6.09 Å². The molecule has 2 N–H and O–H groups in total. The van der Waals surface area contributed by atoms with Crippen molar-refractivity contribution in [1.82, 2.24) is 4.90 Å². The number of hydrogen-bond acceptors (Lipinski definition) is 4. The van der Waals surface area contributed by atoms with Crippen LogP contribution in [0.5, 0.6) is 0 Å². The van der Waals surface area contributed by atoms with E-state index < -0.39 is 18.2 Å². The van der Waals surface area contributed by atoms with Gasteiger partial charge in [0.25, 0.3) is 0 Å². The maximum Gasteiger partial charge on any atom is 0.410 e. The van der Waals surface area contributed by atoms with E-state index in [-0.39, 0.29) is 12.6 Å². The number of aliphatic hydroxyl groups excluding tert-OH is 2. The number of carbonyl (C=O) groups excluding carboxylic acids is 1. The smallest absolute Gasteiger partial charge is 0.410 e. The minimum Gasteiger partial charge on any atom is -0.447 e. The summed E-state index contributed by atoms with van der Waals surface area (Å²) in [6.07, 6.45) is -0.514. The zero-order valence-corrected chi connectivity index (χ0v) is 6.51. The summed E-state index contributed by atoms with van der Waals surface area (Å²) in [4.78, 5) is 12.5. The molecule has 0 radical (unpaired) electrons. The molecule has 0 unspecified atom stereocenters. The van der Waals surface area contributed by atoms with E-state index in [4.69, 9.17) is 9.84 Å². The first-order valence-electron chi connectivity index (χ1n) is 3.98. The van der Waals surface area contributed by atoms with Crippen LogP contribution in [0.3, 0.4) is 0 Å². The van der Waals surface area contributed by atoms with E-state index in [1.165, 1.54) is 4.90 Å². The Hall–Kier alpha value is -0.810. The Morgan fingerprint density at radius 2 is 2.42 bits per heavy atom. The standard InChI is InChI=1S/C7H11NO4/c9-2-5-6(10)1-4-3-12-7(11)8(4)5/h4-6,9-10H,1-3H2/t4-,5+,6-/m0/s1. The van der Waals surface area contributed by atoms with Gasteiger partial charge in [-0.05, 0) is 6.42 Å². The van der Waals surface area contributed by atoms with Crippen molar-refractivity contribution in [3.05, 3.63) is 0 Å². The Kier molecular flexibility index (Phi) is 1.69. The number of fused-ring (bicyclic) bond motifs is 1. The van der Waals surface area contributed by atoms with Crippen LogP contribution in [0, 0.1) is 0 Å². The van der Waals surface area contributed by atoms with Gasteiger partial charge in [0.05, 0.1) is 24.8 Å². The van der Waals surface area contributed by atoms with Crippen LogP contribution in [-0.4, -0.2) is 52.6 Å². The van der Waals surface area contributed by atoms with Crippen molar-refractivity contribution in [2.24, 2.45) is 0 Å². The van der Waals surface area contributed by atoms with Crippen molar-refractivity contribution in [3.8, 4) is 0 Å². The number of ether oxygens (including phenoxy) is 1. The van der Waals surface area contributed by atoms with E-state index in [1.807, 2.05) is 0 Å². The molecule has 12 heavy (non-hydrogen) atoms. The molecule has 1 amide bonds. The van der Waals surface area contributed by atoms with E-state index in [2.05, 4.69) is 0 Å². The molecule has 5 nitrogen and oxygen atoms in total. The molecule has 2 fully saturated rings. The predicted octanol–water partition coefficient (Wildman–Crippen LogP) is -1.07. The highest BCUT2D eigenvalue weighted by molar-refractivity contribution is 5.71. The van der Waals surface area contributed by atoms with Gasteiger partial charge in [0.2, 0.25) is 0 Å². The SMILES string of the molecule is O=C1OC[C@@H]2C[C@H](O)[C@@H](CO)N12. The van der Waals surface area contributed by atoms with E-state index in [0.717, 1.165) is 0 Å². The van der Waals surface area contributed by atoms with Gasteiger partial charge in [-0.1, -0.05) is 0 Å². The highest BCUT2D eigenvalue weighted by Gasteiger charge is 2.47. The summed E-state index contributed by atoms with van der Waals surface area (Å²) in [7, 11) is 0. The highest BCUT2D eigenvalue weighted by Crippen LogP contribution is 2.29. The molecule has 68 valence electrons. The molecular formula is C7H11NO4. The molecule has 0 aromatic rings. The summed E-state index contributed by atoms with van der Waals surface area (Å²) in [6.45, 7) is 0.138. The van der Waals surface area contributed by atoms with Crippen LogP contribution in [0.2, 0.25) is 0 Å². The van der Waals surface area contributed by atoms with Crippen molar-refractivity contribution in [2.45, 2.75) is 24.6 Å². The van der Waals surface area contributed by atoms with Crippen LogP contribution >= 0.6 is 0 Å². The second-order valence-electron chi connectivity index (χ2n) is 3.19. The number of aliphatic hydroxyl groups is 2. The van der Waals surface area contributed by atoms with Crippen LogP contribution in [0.25, 0.3) is 0 Å². The van der Waals surface area contributed by atoms with Crippen molar-refractivity contribution in [3.63, 3.8) is 0 Å². The number of carbonyl (C=O) groups is 1. The molecule has 0 aromatic carbocycles. The molecule has 5 heteroatoms. The van der Waals surface area contributed by atoms with Crippen LogP contribution < -0.4 is 0 Å². The molecule has 0 saturated carbocycles. The number of amides is 1. The van der Waals surface area contributed by atoms with Crippen LogP contribution in [0.1, 0.15) is 6.42 Å². The van der Waals surface area contributed by atoms with E-state index in [1.54, 1.807) is 0 Å². The monoisotopic (exact) mass is 173 g/mol. The summed E-state index contributed by atoms with van der Waals surface area (Å²) in [5.41, 5.74) is 0. The lowest BCUT2D eigenvalue weighted by Gasteiger charge is -2.20. The Bertz CT molecular complexity index is 208. The average Bonchev–Trinajstić information content (AvgIpc) is 2.52. The zero-order chi connectivity index (χ0) is 8.72. The van der Waals surface area contributed by atoms with E-state index in [9.17, 15) is 9.90 Å². The third kappa shape index (κ3) is 0.899. The Labute approximate surface area is 69.5 Å². The fraction of sp³-hybridized carbons (Fsp3) is 0.857. The zero-order valence-electron chi connectivity index (χ0n) is 6.51. The van der Waals surface area contributed by atoms with Crippen molar-refractivity contribution in [2.75, 3.05) is 13.2 Å². The Balaban J connectivity index is 2.18. The molecule has 2 rings (SSSR count). The van der Waals surface area contributed by atoms with E-state index in [0.29, 0.717) is 13.0 Å². The van der Waals surface area contributed by atoms with Crippen LogP contribution in [0.4, 0.5) is 4.79 Å². The van der Waals surface area contributed by atoms with Crippen molar-refractivity contribution < 1.29 is 19.7 Å². The van der Waals surface area contributed by atoms with Gasteiger partial charge in [-0.2, -0.15) is 0 Å². The lowest BCUT2D eigenvalue weighted by molar-refractivity contribution is 0.0713. The van der Waals surface area contributed by atoms with Crippen LogP contribution in [0.15, 0.2) is 0 Å². The van der Waals surface area contributed by atoms with Gasteiger partial charge in [-0.25, -0.2) is 4.79 Å². The molecule has 0 spiro atoms. The molecule has 0 bridgehead atoms. The molecule has 0 aliphatic carbocycles. The van der Waals surface area contributed by atoms with Crippen LogP contribution in [-0.2, 0) is 4.74 Å². The van der Waals surface area contributed by atoms with Crippen molar-refractivity contribution in [1.29, 1.82) is 0 Å². The molecular weight excluding hydrogens is 162 g/mol. The third-order valence-corrected chi connectivity index (χ3v) is 2.51. The average molecular weight is 173 g/mol. The van der Waals surface area contributed by atoms with Gasteiger partial charge < -0.3 is 14.9 Å². The fourth-order valence-electron chi connectivity index (χ4n) is 1.89. The van der Waals surface area contributed by atoms with E-state index >= 15 is 0 Å². The second-order valence-corrected chi connectivity index (χ2v) is 3.19. The maximum absolute atomic E-state index is 11.1. The largest absolute Gasteiger partial charge is 0.447 e. The van der Waals surface area contributed by atoms with Gasteiger partial charge >= 0.3 is 6.09 Å². The molecule has 2 aliphatic rings. The molecule has 2 aliphatic heterocycles. The summed E-state index contributed by atoms with van der Waals surface area (Å²) < 4.78 is 4.77. The van der Waals surface area contributed by atoms with Gasteiger partial charge in [0.1, 0.15) is 6.61 Å². The maximum atomic E-state index is 11.1. The topological polar surface area (TPSA) is 70.0 Å². The first-order valence-corrected chi connectivity index (χ1v) is 3.98. The number of cyclic esters (lactones) is 1. The first kappa shape index (κ1) is 7.82. The fourth-order valence-corrected chi connectivity index (χ4v) is 1.89. The lowest BCUT2D eigenvalue weighted by Crippen LogP contribution is -2.41. The molecule has 0 aromatic heterocycles. The van der Waals surface area contributed by atoms with Gasteiger partial charge in [-0.3, -0.25) is 4.90 Å². The normalized spacial score (nSPS) is 40.0. The lowest BCUT2D eigenvalue weighted by atomic mass is 10.1. The summed E-state index contributed by atoms with van der Waals surface area (Å²) in [6, 6.07) is -0.505. The Morgan fingerprint density at radius 1 is 1.67 bits per heavy atom. The third-order valence-electron chi connectivity index (χ3n) is 2.51. The summed E-state index contributed by atoms with van der Waals surface area (Å²) in [5.74, 6) is 0. The first-order chi connectivity index (χ1) is 5.74. The van der Waals surface area contributed by atoms with Gasteiger partial charge in [0, 0.05) is 0 Å². The highest BCUT2D eigenvalue weighted by atomic mass is 16.6. The second kappa shape index (κ2) is 2.60. The minimum atomic E-state index is -0.604. The quantitative estimate of drug-likeness (QED) is 0.530. The Morgan fingerprint density at radius 3 is 3.08 bits per heavy atom. The number of nitrogens with zero attached hydrogens (tertiary/aromatic N) is 1. The van der Waals surface area contributed by atoms with Gasteiger partial charge in [0.15, 0.2) is 0 Å². The molecule has 2 heterocycles. The number of rotatable bonds is 1. The predicted molar refractivity (Wildman–Crippen MR) is 38.5 cm³/mol. The van der Waals surface area contributed by atoms with Gasteiger partial charge in [-0.15, -0.1) is 0 Å². The summed E-state index contributed by atoms with van der Waals surface area (Å²) >= 11 is 0. The summed E-state index contributed by atoms with van der Waals surface area (Å²) in [5, 5.41) is 18.3.